The maximum Gasteiger partial charge on any atom is 0.282 e. The first kappa shape index (κ1) is 13.8. The van der Waals surface area contributed by atoms with Crippen molar-refractivity contribution in [1.82, 2.24) is 19.6 Å². The molecule has 6 nitrogen and oxygen atoms in total. The van der Waals surface area contributed by atoms with Gasteiger partial charge in [0.05, 0.1) is 17.6 Å². The van der Waals surface area contributed by atoms with Crippen LogP contribution in [0, 0.1) is 13.8 Å². The lowest BCUT2D eigenvalue weighted by atomic mass is 10.2. The summed E-state index contributed by atoms with van der Waals surface area (Å²) in [5.41, 5.74) is 3.75. The molecule has 2 rings (SSSR count). The average Bonchev–Trinajstić information content (AvgIpc) is 2.61. The smallest absolute Gasteiger partial charge is 0.282 e. The number of aromatic nitrogens is 4. The van der Waals surface area contributed by atoms with Crippen LogP contribution in [0.1, 0.15) is 17.0 Å². The van der Waals surface area contributed by atoms with E-state index in [1.807, 2.05) is 25.6 Å². The molecule has 0 saturated heterocycles. The van der Waals surface area contributed by atoms with E-state index in [1.54, 1.807) is 13.2 Å². The fourth-order valence-corrected chi connectivity index (χ4v) is 2.39. The van der Waals surface area contributed by atoms with Gasteiger partial charge < -0.3 is 5.32 Å². The van der Waals surface area contributed by atoms with Crippen molar-refractivity contribution in [1.29, 1.82) is 0 Å². The third-order valence-corrected chi connectivity index (χ3v) is 3.96. The maximum atomic E-state index is 11.7. The van der Waals surface area contributed by atoms with Gasteiger partial charge >= 0.3 is 0 Å². The number of nitrogens with one attached hydrogen (secondary N) is 1. The highest BCUT2D eigenvalue weighted by atomic mass is 79.9. The fourth-order valence-electron chi connectivity index (χ4n) is 1.89. The first-order valence-electron chi connectivity index (χ1n) is 5.86. The maximum absolute atomic E-state index is 11.7. The van der Waals surface area contributed by atoms with E-state index in [0.717, 1.165) is 17.0 Å². The zero-order valence-electron chi connectivity index (χ0n) is 11.4. The molecule has 0 unspecified atom stereocenters. The minimum absolute atomic E-state index is 0.162. The Morgan fingerprint density at radius 2 is 2.00 bits per heavy atom. The lowest BCUT2D eigenvalue weighted by Gasteiger charge is -2.09. The van der Waals surface area contributed by atoms with Gasteiger partial charge in [0, 0.05) is 31.9 Å². The molecule has 0 aliphatic heterocycles. The molecule has 2 aromatic rings. The van der Waals surface area contributed by atoms with Crippen molar-refractivity contribution >= 4 is 21.6 Å². The fraction of sp³-hybridized carbons (Fsp3) is 0.417. The predicted octanol–water partition coefficient (Wildman–Crippen LogP) is 1.51. The van der Waals surface area contributed by atoms with Gasteiger partial charge in [0.2, 0.25) is 0 Å². The lowest BCUT2D eigenvalue weighted by Crippen LogP contribution is -2.21. The van der Waals surface area contributed by atoms with Crippen molar-refractivity contribution in [3.63, 3.8) is 0 Å². The highest BCUT2D eigenvalue weighted by Crippen LogP contribution is 2.19. The molecule has 0 atom stereocenters. The summed E-state index contributed by atoms with van der Waals surface area (Å²) >= 11 is 3.29. The van der Waals surface area contributed by atoms with Crippen LogP contribution in [0.4, 0.5) is 5.69 Å². The molecule has 19 heavy (non-hydrogen) atoms. The van der Waals surface area contributed by atoms with Crippen molar-refractivity contribution in [2.45, 2.75) is 20.4 Å². The zero-order chi connectivity index (χ0) is 14.2. The molecule has 1 N–H and O–H groups in total. The van der Waals surface area contributed by atoms with Gasteiger partial charge in [-0.15, -0.1) is 0 Å². The third kappa shape index (κ3) is 2.56. The molecule has 0 radical (unpaired) electrons. The Hall–Kier alpha value is -1.63. The van der Waals surface area contributed by atoms with Crippen LogP contribution in [0.15, 0.2) is 15.5 Å². The molecule has 0 amide bonds. The first-order chi connectivity index (χ1) is 8.91. The summed E-state index contributed by atoms with van der Waals surface area (Å²) in [7, 11) is 3.54. The van der Waals surface area contributed by atoms with Crippen LogP contribution in [0.25, 0.3) is 0 Å². The predicted molar refractivity (Wildman–Crippen MR) is 77.2 cm³/mol. The Labute approximate surface area is 119 Å². The number of anilines is 1. The van der Waals surface area contributed by atoms with E-state index in [9.17, 15) is 4.79 Å². The van der Waals surface area contributed by atoms with Crippen molar-refractivity contribution in [3.8, 4) is 0 Å². The normalized spacial score (nSPS) is 10.8. The molecule has 0 aromatic carbocycles. The molecule has 0 fully saturated rings. The summed E-state index contributed by atoms with van der Waals surface area (Å²) in [5.74, 6) is 0. The Kier molecular flexibility index (Phi) is 3.75. The van der Waals surface area contributed by atoms with Gasteiger partial charge in [-0.3, -0.25) is 9.48 Å². The molecule has 0 aliphatic rings. The summed E-state index contributed by atoms with van der Waals surface area (Å²) in [6, 6.07) is 0. The standard InChI is InChI=1S/C12H16BrN5O/c1-7-9(8(2)17(3)16-7)5-14-10-6-15-18(4)12(19)11(10)13/h6,14H,5H2,1-4H3. The Morgan fingerprint density at radius 3 is 2.58 bits per heavy atom. The van der Waals surface area contributed by atoms with Gasteiger partial charge in [-0.2, -0.15) is 10.2 Å². The molecule has 0 saturated carbocycles. The molecule has 7 heteroatoms. The largest absolute Gasteiger partial charge is 0.378 e. The number of aryl methyl sites for hydroxylation is 3. The average molecular weight is 326 g/mol. The van der Waals surface area contributed by atoms with Gasteiger partial charge in [-0.05, 0) is 29.8 Å². The van der Waals surface area contributed by atoms with Crippen molar-refractivity contribution in [2.75, 3.05) is 5.32 Å². The number of hydrogen-bond donors (Lipinski definition) is 1. The second kappa shape index (κ2) is 5.16. The van der Waals surface area contributed by atoms with Crippen molar-refractivity contribution < 1.29 is 0 Å². The minimum atomic E-state index is -0.162. The molecular formula is C12H16BrN5O. The molecule has 2 aromatic heterocycles. The first-order valence-corrected chi connectivity index (χ1v) is 6.66. The summed E-state index contributed by atoms with van der Waals surface area (Å²) in [4.78, 5) is 11.7. The topological polar surface area (TPSA) is 64.7 Å². The zero-order valence-corrected chi connectivity index (χ0v) is 12.9. The number of hydrogen-bond acceptors (Lipinski definition) is 4. The second-order valence-corrected chi connectivity index (χ2v) is 5.22. The van der Waals surface area contributed by atoms with Crippen LogP contribution in [0.2, 0.25) is 0 Å². The van der Waals surface area contributed by atoms with E-state index < -0.39 is 0 Å². The van der Waals surface area contributed by atoms with Crippen LogP contribution in [-0.4, -0.2) is 19.6 Å². The summed E-state index contributed by atoms with van der Waals surface area (Å²) < 4.78 is 3.63. The summed E-state index contributed by atoms with van der Waals surface area (Å²) in [6.45, 7) is 4.61. The highest BCUT2D eigenvalue weighted by Gasteiger charge is 2.11. The quantitative estimate of drug-likeness (QED) is 0.928. The molecule has 102 valence electrons. The van der Waals surface area contributed by atoms with Crippen LogP contribution in [-0.2, 0) is 20.6 Å². The van der Waals surface area contributed by atoms with Crippen molar-refractivity contribution in [2.24, 2.45) is 14.1 Å². The van der Waals surface area contributed by atoms with Gasteiger partial charge in [0.15, 0.2) is 0 Å². The van der Waals surface area contributed by atoms with Crippen LogP contribution in [0.5, 0.6) is 0 Å². The minimum Gasteiger partial charge on any atom is -0.378 e. The van der Waals surface area contributed by atoms with Crippen molar-refractivity contribution in [3.05, 3.63) is 38.0 Å². The SMILES string of the molecule is Cc1nn(C)c(C)c1CNc1cnn(C)c(=O)c1Br. The third-order valence-electron chi connectivity index (χ3n) is 3.19. The lowest BCUT2D eigenvalue weighted by molar-refractivity contribution is 0.703. The Bertz CT molecular complexity index is 673. The molecule has 2 heterocycles. The van der Waals surface area contributed by atoms with E-state index in [-0.39, 0.29) is 5.56 Å². The van der Waals surface area contributed by atoms with Gasteiger partial charge in [0.25, 0.3) is 5.56 Å². The Balaban J connectivity index is 2.24. The molecular weight excluding hydrogens is 310 g/mol. The number of halogens is 1. The van der Waals surface area contributed by atoms with Crippen LogP contribution in [0.3, 0.4) is 0 Å². The van der Waals surface area contributed by atoms with Gasteiger partial charge in [-0.1, -0.05) is 0 Å². The summed E-state index contributed by atoms with van der Waals surface area (Å²) in [6.07, 6.45) is 1.63. The van der Waals surface area contributed by atoms with E-state index in [1.165, 1.54) is 4.68 Å². The van der Waals surface area contributed by atoms with E-state index in [2.05, 4.69) is 31.4 Å². The van der Waals surface area contributed by atoms with E-state index >= 15 is 0 Å². The molecule has 0 aliphatic carbocycles. The number of nitrogens with zero attached hydrogens (tertiary/aromatic N) is 4. The second-order valence-electron chi connectivity index (χ2n) is 4.43. The summed E-state index contributed by atoms with van der Waals surface area (Å²) in [5, 5.41) is 11.6. The van der Waals surface area contributed by atoms with E-state index in [4.69, 9.17) is 0 Å². The Morgan fingerprint density at radius 1 is 1.32 bits per heavy atom. The molecule has 0 bridgehead atoms. The molecule has 0 spiro atoms. The van der Waals surface area contributed by atoms with Gasteiger partial charge in [-0.25, -0.2) is 4.68 Å². The van der Waals surface area contributed by atoms with Crippen LogP contribution < -0.4 is 10.9 Å². The van der Waals surface area contributed by atoms with Crippen LogP contribution >= 0.6 is 15.9 Å². The van der Waals surface area contributed by atoms with E-state index in [0.29, 0.717) is 16.7 Å². The van der Waals surface area contributed by atoms with Gasteiger partial charge in [0.1, 0.15) is 4.47 Å². The number of rotatable bonds is 3. The monoisotopic (exact) mass is 325 g/mol. The highest BCUT2D eigenvalue weighted by molar-refractivity contribution is 9.10.